The largest absolute Gasteiger partial charge is 0.0654 e. The molecule has 0 nitrogen and oxygen atoms in total. The van der Waals surface area contributed by atoms with Crippen molar-refractivity contribution in [2.45, 2.75) is 77.6 Å². The minimum absolute atomic E-state index is 1.24. The van der Waals surface area contributed by atoms with Crippen molar-refractivity contribution < 1.29 is 0 Å². The fraction of sp³-hybridized carbons (Fsp3) is 0.500. The van der Waals surface area contributed by atoms with Crippen LogP contribution in [0.5, 0.6) is 0 Å². The summed E-state index contributed by atoms with van der Waals surface area (Å²) >= 11 is 0. The molecule has 3 rings (SSSR count). The Hall–Kier alpha value is -1.56. The Morgan fingerprint density at radius 2 is 1.12 bits per heavy atom. The fourth-order valence-electron chi connectivity index (χ4n) is 4.03. The van der Waals surface area contributed by atoms with Gasteiger partial charge in [-0.2, -0.15) is 0 Å². The van der Waals surface area contributed by atoms with E-state index < -0.39 is 0 Å². The fourth-order valence-corrected chi connectivity index (χ4v) is 4.03. The van der Waals surface area contributed by atoms with Gasteiger partial charge in [-0.3, -0.25) is 0 Å². The highest BCUT2D eigenvalue weighted by Crippen LogP contribution is 2.48. The molecule has 0 aromatic heterocycles. The van der Waals surface area contributed by atoms with Gasteiger partial charge in [0.2, 0.25) is 0 Å². The van der Waals surface area contributed by atoms with Crippen LogP contribution in [0.3, 0.4) is 0 Å². The summed E-state index contributed by atoms with van der Waals surface area (Å²) in [6.45, 7) is 2.29. The van der Waals surface area contributed by atoms with Gasteiger partial charge in [0.25, 0.3) is 0 Å². The predicted molar refractivity (Wildman–Crippen MR) is 106 cm³/mol. The Labute approximate surface area is 148 Å². The van der Waals surface area contributed by atoms with Crippen molar-refractivity contribution in [2.75, 3.05) is 0 Å². The third-order valence-electron chi connectivity index (χ3n) is 5.44. The molecule has 0 amide bonds. The maximum absolute atomic E-state index is 2.34. The first kappa shape index (κ1) is 17.3. The Bertz CT molecular complexity index is 638. The van der Waals surface area contributed by atoms with Crippen LogP contribution >= 0.6 is 0 Å². The summed E-state index contributed by atoms with van der Waals surface area (Å²) in [5.74, 6) is 0. The Balaban J connectivity index is 1.35. The topological polar surface area (TPSA) is 0 Å². The highest BCUT2D eigenvalue weighted by atomic mass is 14.3. The number of hydrogen-bond donors (Lipinski definition) is 0. The van der Waals surface area contributed by atoms with Gasteiger partial charge >= 0.3 is 0 Å². The SMILES string of the molecule is CCCCCCCCCCCCc1cccc2c1-c1ccccc1-2. The molecule has 0 aliphatic heterocycles. The van der Waals surface area contributed by atoms with E-state index in [4.69, 9.17) is 0 Å². The van der Waals surface area contributed by atoms with Gasteiger partial charge in [-0.1, -0.05) is 107 Å². The Morgan fingerprint density at radius 1 is 0.542 bits per heavy atom. The Morgan fingerprint density at radius 3 is 1.83 bits per heavy atom. The van der Waals surface area contributed by atoms with E-state index in [1.54, 1.807) is 5.56 Å². The van der Waals surface area contributed by atoms with Crippen LogP contribution in [0.25, 0.3) is 22.3 Å². The number of aryl methyl sites for hydroxylation is 1. The van der Waals surface area contributed by atoms with Crippen molar-refractivity contribution in [2.24, 2.45) is 0 Å². The van der Waals surface area contributed by atoms with Gasteiger partial charge in [0.1, 0.15) is 0 Å². The molecule has 0 spiro atoms. The molecule has 2 aromatic carbocycles. The summed E-state index contributed by atoms with van der Waals surface area (Å²) in [7, 11) is 0. The van der Waals surface area contributed by atoms with Crippen LogP contribution in [0.2, 0.25) is 0 Å². The molecule has 0 heterocycles. The van der Waals surface area contributed by atoms with Crippen LogP contribution < -0.4 is 0 Å². The van der Waals surface area contributed by atoms with E-state index in [0.29, 0.717) is 0 Å². The summed E-state index contributed by atoms with van der Waals surface area (Å²) in [5.41, 5.74) is 7.47. The maximum Gasteiger partial charge on any atom is -0.00669 e. The summed E-state index contributed by atoms with van der Waals surface area (Å²) in [5, 5.41) is 0. The van der Waals surface area contributed by atoms with Gasteiger partial charge in [0.15, 0.2) is 0 Å². The molecule has 0 fully saturated rings. The van der Waals surface area contributed by atoms with E-state index in [1.165, 1.54) is 92.9 Å². The van der Waals surface area contributed by atoms with E-state index in [-0.39, 0.29) is 0 Å². The van der Waals surface area contributed by atoms with Gasteiger partial charge in [0.05, 0.1) is 0 Å². The van der Waals surface area contributed by atoms with Crippen molar-refractivity contribution in [3.8, 4) is 22.3 Å². The van der Waals surface area contributed by atoms with E-state index in [1.807, 2.05) is 0 Å². The standard InChI is InChI=1S/C24H32/c1-2-3-4-5-6-7-8-9-10-11-15-20-16-14-19-23-21-17-12-13-18-22(21)24(20)23/h12-14,16-19H,2-11,15H2,1H3. The lowest BCUT2D eigenvalue weighted by Crippen LogP contribution is -2.02. The van der Waals surface area contributed by atoms with E-state index in [9.17, 15) is 0 Å². The second kappa shape index (κ2) is 9.06. The molecule has 0 saturated heterocycles. The van der Waals surface area contributed by atoms with Crippen LogP contribution in [0.1, 0.15) is 76.7 Å². The third kappa shape index (κ3) is 4.09. The monoisotopic (exact) mass is 320 g/mol. The zero-order valence-electron chi connectivity index (χ0n) is 15.3. The van der Waals surface area contributed by atoms with E-state index in [0.717, 1.165) is 0 Å². The van der Waals surface area contributed by atoms with Gasteiger partial charge in [-0.25, -0.2) is 0 Å². The molecular weight excluding hydrogens is 288 g/mol. The lowest BCUT2D eigenvalue weighted by molar-refractivity contribution is 0.556. The number of fused-ring (bicyclic) bond motifs is 4. The number of unbranched alkanes of at least 4 members (excludes halogenated alkanes) is 9. The highest BCUT2D eigenvalue weighted by Gasteiger charge is 2.23. The maximum atomic E-state index is 2.34. The van der Waals surface area contributed by atoms with Crippen LogP contribution in [0.15, 0.2) is 42.5 Å². The summed E-state index contributed by atoms with van der Waals surface area (Å²) in [4.78, 5) is 0. The first-order valence-electron chi connectivity index (χ1n) is 10.1. The van der Waals surface area contributed by atoms with Crippen LogP contribution in [0, 0.1) is 0 Å². The van der Waals surface area contributed by atoms with Crippen LogP contribution in [0.4, 0.5) is 0 Å². The number of benzene rings is 2. The van der Waals surface area contributed by atoms with Gasteiger partial charge < -0.3 is 0 Å². The molecule has 2 aromatic rings. The smallest absolute Gasteiger partial charge is 0.00669 e. The lowest BCUT2D eigenvalue weighted by atomic mass is 9.77. The molecule has 0 atom stereocenters. The first-order chi connectivity index (χ1) is 11.9. The predicted octanol–water partition coefficient (Wildman–Crippen LogP) is 7.80. The minimum Gasteiger partial charge on any atom is -0.0654 e. The Kier molecular flexibility index (Phi) is 6.52. The summed E-state index contributed by atoms with van der Waals surface area (Å²) in [6, 6.07) is 15.7. The molecule has 128 valence electrons. The molecule has 0 unspecified atom stereocenters. The van der Waals surface area contributed by atoms with Gasteiger partial charge in [0, 0.05) is 0 Å². The van der Waals surface area contributed by atoms with E-state index in [2.05, 4.69) is 49.4 Å². The van der Waals surface area contributed by atoms with Crippen molar-refractivity contribution in [1.82, 2.24) is 0 Å². The third-order valence-corrected chi connectivity index (χ3v) is 5.44. The molecule has 0 saturated carbocycles. The van der Waals surface area contributed by atoms with E-state index >= 15 is 0 Å². The second-order valence-electron chi connectivity index (χ2n) is 7.32. The average molecular weight is 321 g/mol. The quantitative estimate of drug-likeness (QED) is 0.316. The first-order valence-corrected chi connectivity index (χ1v) is 10.1. The molecular formula is C24H32. The van der Waals surface area contributed by atoms with Crippen molar-refractivity contribution in [1.29, 1.82) is 0 Å². The van der Waals surface area contributed by atoms with Crippen molar-refractivity contribution in [3.05, 3.63) is 48.0 Å². The molecule has 0 bridgehead atoms. The van der Waals surface area contributed by atoms with Gasteiger partial charge in [-0.05, 0) is 40.7 Å². The number of hydrogen-bond acceptors (Lipinski definition) is 0. The van der Waals surface area contributed by atoms with Crippen LogP contribution in [-0.2, 0) is 6.42 Å². The molecule has 1 aliphatic carbocycles. The zero-order valence-corrected chi connectivity index (χ0v) is 15.3. The normalized spacial score (nSPS) is 11.7. The van der Waals surface area contributed by atoms with Crippen molar-refractivity contribution >= 4 is 0 Å². The average Bonchev–Trinajstić information content (AvgIpc) is 2.61. The molecule has 0 N–H and O–H groups in total. The second-order valence-corrected chi connectivity index (χ2v) is 7.32. The summed E-state index contributed by atoms with van der Waals surface area (Å²) < 4.78 is 0. The van der Waals surface area contributed by atoms with Crippen molar-refractivity contribution in [3.63, 3.8) is 0 Å². The zero-order chi connectivity index (χ0) is 16.6. The molecule has 1 aliphatic rings. The number of rotatable bonds is 11. The van der Waals surface area contributed by atoms with Gasteiger partial charge in [-0.15, -0.1) is 0 Å². The highest BCUT2D eigenvalue weighted by molar-refractivity contribution is 6.03. The van der Waals surface area contributed by atoms with Crippen LogP contribution in [-0.4, -0.2) is 0 Å². The lowest BCUT2D eigenvalue weighted by Gasteiger charge is -2.26. The molecule has 0 radical (unpaired) electrons. The summed E-state index contributed by atoms with van der Waals surface area (Å²) in [6.07, 6.45) is 15.4. The minimum atomic E-state index is 1.24. The molecule has 24 heavy (non-hydrogen) atoms. The molecule has 0 heteroatoms.